The van der Waals surface area contributed by atoms with Crippen LogP contribution in [0, 0.1) is 24.1 Å². The molecule has 3 rings (SSSR count). The fourth-order valence-corrected chi connectivity index (χ4v) is 3.25. The van der Waals surface area contributed by atoms with E-state index in [4.69, 9.17) is 15.1 Å². The summed E-state index contributed by atoms with van der Waals surface area (Å²) in [7, 11) is 0. The number of rotatable bonds is 8. The van der Waals surface area contributed by atoms with Crippen molar-refractivity contribution in [2.45, 2.75) is 18.3 Å². The van der Waals surface area contributed by atoms with Gasteiger partial charge >= 0.3 is 0 Å². The molecule has 1 atom stereocenters. The van der Waals surface area contributed by atoms with E-state index in [1.54, 1.807) is 13.1 Å². The molecule has 10 heteroatoms. The van der Waals surface area contributed by atoms with Gasteiger partial charge in [0.1, 0.15) is 24.6 Å². The van der Waals surface area contributed by atoms with E-state index in [1.807, 2.05) is 6.07 Å². The van der Waals surface area contributed by atoms with Crippen molar-refractivity contribution in [1.82, 2.24) is 15.0 Å². The fourth-order valence-electron chi connectivity index (χ4n) is 2.51. The van der Waals surface area contributed by atoms with Gasteiger partial charge in [0.2, 0.25) is 0 Å². The molecule has 3 aromatic rings. The highest BCUT2D eigenvalue weighted by molar-refractivity contribution is 7.99. The average Bonchev–Trinajstić information content (AvgIpc) is 3.11. The summed E-state index contributed by atoms with van der Waals surface area (Å²) in [6.07, 6.45) is 0.627. The number of nitriles is 1. The summed E-state index contributed by atoms with van der Waals surface area (Å²) in [5.74, 6) is -0.292. The number of halogens is 1. The van der Waals surface area contributed by atoms with Gasteiger partial charge in [-0.2, -0.15) is 5.26 Å². The lowest BCUT2D eigenvalue weighted by Gasteiger charge is -2.14. The number of hydrogen-bond donors (Lipinski definition) is 4. The molecule has 0 amide bonds. The Labute approximate surface area is 164 Å². The van der Waals surface area contributed by atoms with Crippen molar-refractivity contribution in [2.24, 2.45) is 0 Å². The van der Waals surface area contributed by atoms with Crippen LogP contribution in [-0.4, -0.2) is 50.4 Å². The van der Waals surface area contributed by atoms with Crippen LogP contribution in [0.25, 0.3) is 11.0 Å². The van der Waals surface area contributed by atoms with Crippen molar-refractivity contribution in [2.75, 3.05) is 24.3 Å². The van der Waals surface area contributed by atoms with Crippen molar-refractivity contribution in [3.63, 3.8) is 0 Å². The minimum atomic E-state index is -0.928. The van der Waals surface area contributed by atoms with Gasteiger partial charge in [0, 0.05) is 23.1 Å². The summed E-state index contributed by atoms with van der Waals surface area (Å²) in [4.78, 5) is 11.6. The molecule has 8 nitrogen and oxygen atoms in total. The van der Waals surface area contributed by atoms with Crippen molar-refractivity contribution in [1.29, 1.82) is 5.26 Å². The second kappa shape index (κ2) is 8.88. The van der Waals surface area contributed by atoms with Gasteiger partial charge in [0.05, 0.1) is 23.8 Å². The molecule has 1 aromatic carbocycles. The molecule has 2 aromatic heterocycles. The number of fused-ring (bicyclic) bond motifs is 1. The summed E-state index contributed by atoms with van der Waals surface area (Å²) in [5, 5.41) is 31.5. The summed E-state index contributed by atoms with van der Waals surface area (Å²) in [6, 6.07) is 6.14. The Kier molecular flexibility index (Phi) is 6.30. The van der Waals surface area contributed by atoms with Crippen LogP contribution in [0.4, 0.5) is 10.1 Å². The number of imidazole rings is 1. The summed E-state index contributed by atoms with van der Waals surface area (Å²) in [5.41, 5.74) is 2.88. The van der Waals surface area contributed by atoms with Gasteiger partial charge < -0.3 is 25.3 Å². The van der Waals surface area contributed by atoms with Crippen molar-refractivity contribution in [3.05, 3.63) is 41.5 Å². The normalized spacial score (nSPS) is 12.0. The third kappa shape index (κ3) is 4.51. The lowest BCUT2D eigenvalue weighted by Crippen LogP contribution is -2.21. The Balaban J connectivity index is 1.63. The van der Waals surface area contributed by atoms with E-state index in [9.17, 15) is 9.50 Å². The topological polar surface area (TPSA) is 127 Å². The van der Waals surface area contributed by atoms with E-state index in [-0.39, 0.29) is 24.7 Å². The Morgan fingerprint density at radius 3 is 3.04 bits per heavy atom. The molecule has 0 saturated carbocycles. The number of aliphatic hydroxyl groups is 2. The molecular formula is C18H18FN5O3S. The molecule has 0 fully saturated rings. The van der Waals surface area contributed by atoms with Crippen LogP contribution in [0.3, 0.4) is 0 Å². The van der Waals surface area contributed by atoms with Gasteiger partial charge in [-0.25, -0.2) is 14.4 Å². The third-order valence-corrected chi connectivity index (χ3v) is 4.79. The second-order valence-corrected chi connectivity index (χ2v) is 6.84. The minimum Gasteiger partial charge on any atom is -0.488 e. The van der Waals surface area contributed by atoms with Crippen molar-refractivity contribution >= 4 is 28.5 Å². The Morgan fingerprint density at radius 2 is 2.29 bits per heavy atom. The van der Waals surface area contributed by atoms with E-state index < -0.39 is 12.0 Å². The number of pyridine rings is 1. The molecule has 2 heterocycles. The predicted octanol–water partition coefficient (Wildman–Crippen LogP) is 2.17. The van der Waals surface area contributed by atoms with Crippen molar-refractivity contribution in [3.8, 4) is 11.8 Å². The number of aromatic nitrogens is 3. The molecule has 0 bridgehead atoms. The molecule has 0 aliphatic carbocycles. The minimum absolute atomic E-state index is 0.00698. The van der Waals surface area contributed by atoms with Gasteiger partial charge in [-0.1, -0.05) is 11.8 Å². The number of aromatic amines is 1. The summed E-state index contributed by atoms with van der Waals surface area (Å²) < 4.78 is 18.8. The van der Waals surface area contributed by atoms with E-state index in [0.29, 0.717) is 33.1 Å². The van der Waals surface area contributed by atoms with Gasteiger partial charge in [-0.3, -0.25) is 0 Å². The maximum atomic E-state index is 13.6. The highest BCUT2D eigenvalue weighted by Gasteiger charge is 2.13. The smallest absolute Gasteiger partial charge is 0.166 e. The van der Waals surface area contributed by atoms with E-state index in [0.717, 1.165) is 0 Å². The summed E-state index contributed by atoms with van der Waals surface area (Å²) >= 11 is 1.29. The predicted molar refractivity (Wildman–Crippen MR) is 103 cm³/mol. The first kappa shape index (κ1) is 19.9. The molecular weight excluding hydrogens is 385 g/mol. The maximum Gasteiger partial charge on any atom is 0.166 e. The second-order valence-electron chi connectivity index (χ2n) is 5.84. The lowest BCUT2D eigenvalue weighted by molar-refractivity contribution is 0.196. The average molecular weight is 403 g/mol. The Bertz CT molecular complexity index is 1020. The number of H-pyrrole nitrogens is 1. The number of anilines is 1. The Morgan fingerprint density at radius 1 is 1.46 bits per heavy atom. The number of benzene rings is 1. The maximum absolute atomic E-state index is 13.6. The Hall–Kier alpha value is -2.87. The molecule has 0 aliphatic heterocycles. The number of hydrogen-bond acceptors (Lipinski definition) is 8. The monoisotopic (exact) mass is 403 g/mol. The molecule has 1 unspecified atom stereocenters. The van der Waals surface area contributed by atoms with Crippen LogP contribution in [0.15, 0.2) is 29.6 Å². The van der Waals surface area contributed by atoms with E-state index in [2.05, 4.69) is 20.3 Å². The summed E-state index contributed by atoms with van der Waals surface area (Å²) in [6.45, 7) is 1.54. The van der Waals surface area contributed by atoms with E-state index >= 15 is 0 Å². The SMILES string of the molecule is Cc1c(C#N)ncc2[nH]c(SCC(O)Nc3ccc(F)c(OCCO)c3)nc12. The number of aryl methyl sites for hydroxylation is 1. The van der Waals surface area contributed by atoms with E-state index in [1.165, 1.54) is 30.0 Å². The number of nitrogens with zero attached hydrogens (tertiary/aromatic N) is 3. The van der Waals surface area contributed by atoms with Gasteiger partial charge in [-0.05, 0) is 19.1 Å². The highest BCUT2D eigenvalue weighted by Crippen LogP contribution is 2.25. The number of ether oxygens (including phenoxy) is 1. The quantitative estimate of drug-likeness (QED) is 0.333. The highest BCUT2D eigenvalue weighted by atomic mass is 32.2. The van der Waals surface area contributed by atoms with Gasteiger partial charge in [0.25, 0.3) is 0 Å². The first-order valence-electron chi connectivity index (χ1n) is 8.38. The first-order chi connectivity index (χ1) is 13.5. The largest absolute Gasteiger partial charge is 0.488 e. The molecule has 146 valence electrons. The number of aliphatic hydroxyl groups excluding tert-OH is 2. The van der Waals surface area contributed by atoms with Gasteiger partial charge in [0.15, 0.2) is 16.7 Å². The number of thioether (sulfide) groups is 1. The molecule has 28 heavy (non-hydrogen) atoms. The van der Waals surface area contributed by atoms with Crippen LogP contribution >= 0.6 is 11.8 Å². The zero-order chi connectivity index (χ0) is 20.1. The van der Waals surface area contributed by atoms with Crippen LogP contribution in [0.2, 0.25) is 0 Å². The third-order valence-electron chi connectivity index (χ3n) is 3.84. The fraction of sp³-hybridized carbons (Fsp3) is 0.278. The van der Waals surface area contributed by atoms with Crippen molar-refractivity contribution < 1.29 is 19.3 Å². The number of nitrogens with one attached hydrogen (secondary N) is 2. The first-order valence-corrected chi connectivity index (χ1v) is 9.36. The zero-order valence-electron chi connectivity index (χ0n) is 14.9. The standard InChI is InChI=1S/C18H18FN5O3S/c1-10-13(7-20)21-8-14-17(10)24-18(23-14)28-9-16(26)22-11-2-3-12(19)15(6-11)27-5-4-25/h2-3,6,8,16,22,25-26H,4-5,9H2,1H3,(H,23,24). The van der Waals surface area contributed by atoms with Crippen LogP contribution in [0.5, 0.6) is 5.75 Å². The zero-order valence-corrected chi connectivity index (χ0v) is 15.8. The van der Waals surface area contributed by atoms with Crippen LogP contribution in [-0.2, 0) is 0 Å². The van der Waals surface area contributed by atoms with Gasteiger partial charge in [-0.15, -0.1) is 0 Å². The lowest BCUT2D eigenvalue weighted by atomic mass is 10.2. The van der Waals surface area contributed by atoms with Crippen LogP contribution in [0.1, 0.15) is 11.3 Å². The molecule has 0 aliphatic rings. The molecule has 0 saturated heterocycles. The van der Waals surface area contributed by atoms with Crippen LogP contribution < -0.4 is 10.1 Å². The molecule has 4 N–H and O–H groups in total. The molecule has 0 radical (unpaired) electrons. The molecule has 0 spiro atoms.